The maximum Gasteiger partial charge on any atom is 0.0541 e. The summed E-state index contributed by atoms with van der Waals surface area (Å²) in [5, 5.41) is 4.94. The second-order valence-electron chi connectivity index (χ2n) is 15.0. The van der Waals surface area contributed by atoms with Crippen LogP contribution in [0.3, 0.4) is 0 Å². The Balaban J connectivity index is 1.08. The van der Waals surface area contributed by atoms with E-state index in [1.165, 1.54) is 82.9 Å². The summed E-state index contributed by atoms with van der Waals surface area (Å²) in [4.78, 5) is 2.48. The summed E-state index contributed by atoms with van der Waals surface area (Å²) in [5.41, 5.74) is 15.6. The van der Waals surface area contributed by atoms with Crippen LogP contribution in [0.4, 0.5) is 17.1 Å². The summed E-state index contributed by atoms with van der Waals surface area (Å²) in [6, 6.07) is 77.8. The maximum absolute atomic E-state index is 2.48. The van der Waals surface area contributed by atoms with Crippen LogP contribution in [-0.4, -0.2) is 4.57 Å². The minimum Gasteiger partial charge on any atom is -0.310 e. The molecule has 0 saturated heterocycles. The van der Waals surface area contributed by atoms with Gasteiger partial charge in [0.1, 0.15) is 0 Å². The summed E-state index contributed by atoms with van der Waals surface area (Å²) in [5.74, 6) is 0. The van der Waals surface area contributed by atoms with Gasteiger partial charge in [-0.05, 0) is 106 Å². The van der Waals surface area contributed by atoms with E-state index in [2.05, 4.69) is 229 Å². The van der Waals surface area contributed by atoms with Gasteiger partial charge in [-0.15, -0.1) is 0 Å². The van der Waals surface area contributed by atoms with Crippen molar-refractivity contribution in [3.63, 3.8) is 0 Å². The zero-order valence-corrected chi connectivity index (χ0v) is 31.1. The van der Waals surface area contributed by atoms with Gasteiger partial charge in [-0.1, -0.05) is 158 Å². The molecular weight excluding hydrogens is 677 g/mol. The number of rotatable bonds is 6. The van der Waals surface area contributed by atoms with Crippen LogP contribution in [0.25, 0.3) is 60.5 Å². The lowest BCUT2D eigenvalue weighted by Crippen LogP contribution is -2.26. The Labute approximate surface area is 327 Å². The van der Waals surface area contributed by atoms with Gasteiger partial charge >= 0.3 is 0 Å². The highest BCUT2D eigenvalue weighted by Crippen LogP contribution is 2.55. The standard InChI is InChI=1S/C54H38N2/c1-54(47-24-10-7-21-43(47)44-22-8-11-25-48(44)54)49-26-12-14-28-53(49)56(50-29-15-17-38-16-5-6-20-42(38)50)41-33-30-37(31-34-41)39-32-35-52-46(36-39)45-23-9-13-27-51(45)55(52)40-18-3-2-4-19-40/h2-36H,1H3. The number of hydrogen-bond acceptors (Lipinski definition) is 1. The van der Waals surface area contributed by atoms with Crippen molar-refractivity contribution in [2.45, 2.75) is 12.3 Å². The molecule has 0 amide bonds. The summed E-state index contributed by atoms with van der Waals surface area (Å²) in [6.45, 7) is 2.41. The first-order chi connectivity index (χ1) is 27.7. The molecule has 9 aromatic carbocycles. The molecule has 0 N–H and O–H groups in total. The maximum atomic E-state index is 2.48. The predicted octanol–water partition coefficient (Wildman–Crippen LogP) is 14.4. The summed E-state index contributed by atoms with van der Waals surface area (Å²) < 4.78 is 2.37. The van der Waals surface area contributed by atoms with Gasteiger partial charge in [-0.3, -0.25) is 0 Å². The van der Waals surface area contributed by atoms with E-state index in [0.717, 1.165) is 11.4 Å². The number of nitrogens with zero attached hydrogens (tertiary/aromatic N) is 2. The number of hydrogen-bond donors (Lipinski definition) is 0. The van der Waals surface area contributed by atoms with Gasteiger partial charge in [0.15, 0.2) is 0 Å². The van der Waals surface area contributed by atoms with Crippen LogP contribution in [0.2, 0.25) is 0 Å². The largest absolute Gasteiger partial charge is 0.310 e. The van der Waals surface area contributed by atoms with Crippen molar-refractivity contribution in [2.75, 3.05) is 4.90 Å². The lowest BCUT2D eigenvalue weighted by atomic mass is 9.73. The van der Waals surface area contributed by atoms with Crippen molar-refractivity contribution in [2.24, 2.45) is 0 Å². The lowest BCUT2D eigenvalue weighted by molar-refractivity contribution is 0.714. The highest BCUT2D eigenvalue weighted by atomic mass is 15.1. The summed E-state index contributed by atoms with van der Waals surface area (Å²) in [7, 11) is 0. The zero-order chi connectivity index (χ0) is 37.2. The van der Waals surface area contributed by atoms with Gasteiger partial charge in [0.25, 0.3) is 0 Å². The van der Waals surface area contributed by atoms with Crippen LogP contribution < -0.4 is 4.90 Å². The van der Waals surface area contributed by atoms with E-state index in [-0.39, 0.29) is 5.41 Å². The Kier molecular flexibility index (Phi) is 7.33. The number of benzene rings is 9. The Morgan fingerprint density at radius 3 is 1.71 bits per heavy atom. The van der Waals surface area contributed by atoms with Crippen LogP contribution in [0.1, 0.15) is 23.6 Å². The van der Waals surface area contributed by atoms with Crippen LogP contribution >= 0.6 is 0 Å². The quantitative estimate of drug-likeness (QED) is 0.166. The Morgan fingerprint density at radius 1 is 0.393 bits per heavy atom. The molecule has 0 bridgehead atoms. The molecule has 264 valence electrons. The molecule has 0 aliphatic heterocycles. The average Bonchev–Trinajstić information content (AvgIpc) is 3.74. The van der Waals surface area contributed by atoms with E-state index in [0.29, 0.717) is 0 Å². The molecule has 10 aromatic rings. The first-order valence-electron chi connectivity index (χ1n) is 19.4. The topological polar surface area (TPSA) is 8.17 Å². The van der Waals surface area contributed by atoms with E-state index in [1.54, 1.807) is 0 Å². The molecule has 0 radical (unpaired) electrons. The van der Waals surface area contributed by atoms with Crippen molar-refractivity contribution < 1.29 is 0 Å². The molecule has 0 fully saturated rings. The first-order valence-corrected chi connectivity index (χ1v) is 19.4. The van der Waals surface area contributed by atoms with Gasteiger partial charge in [0.2, 0.25) is 0 Å². The fraction of sp³-hybridized carbons (Fsp3) is 0.0370. The van der Waals surface area contributed by atoms with Crippen molar-refractivity contribution >= 4 is 49.6 Å². The molecule has 1 aliphatic rings. The minimum atomic E-state index is -0.360. The Bertz CT molecular complexity index is 3050. The fourth-order valence-corrected chi connectivity index (χ4v) is 9.46. The smallest absolute Gasteiger partial charge is 0.0541 e. The lowest BCUT2D eigenvalue weighted by Gasteiger charge is -2.35. The number of fused-ring (bicyclic) bond motifs is 7. The average molecular weight is 715 g/mol. The molecule has 1 aromatic heterocycles. The highest BCUT2D eigenvalue weighted by molar-refractivity contribution is 6.10. The van der Waals surface area contributed by atoms with Crippen LogP contribution in [0.15, 0.2) is 212 Å². The fourth-order valence-electron chi connectivity index (χ4n) is 9.46. The van der Waals surface area contributed by atoms with Crippen LogP contribution in [0.5, 0.6) is 0 Å². The van der Waals surface area contributed by atoms with E-state index >= 15 is 0 Å². The molecule has 11 rings (SSSR count). The molecule has 2 heteroatoms. The van der Waals surface area contributed by atoms with Crippen LogP contribution in [0, 0.1) is 0 Å². The SMILES string of the molecule is CC1(c2ccccc2N(c2ccc(-c3ccc4c(c3)c3ccccc3n4-c3ccccc3)cc2)c2cccc3ccccc23)c2ccccc2-c2ccccc21. The monoisotopic (exact) mass is 714 g/mol. The predicted molar refractivity (Wildman–Crippen MR) is 236 cm³/mol. The Hall–Kier alpha value is -7.16. The molecule has 0 atom stereocenters. The van der Waals surface area contributed by atoms with Crippen LogP contribution in [-0.2, 0) is 5.41 Å². The minimum absolute atomic E-state index is 0.360. The van der Waals surface area contributed by atoms with Gasteiger partial charge in [0, 0.05) is 32.9 Å². The summed E-state index contributed by atoms with van der Waals surface area (Å²) >= 11 is 0. The van der Waals surface area contributed by atoms with E-state index in [9.17, 15) is 0 Å². The van der Waals surface area contributed by atoms with E-state index < -0.39 is 0 Å². The van der Waals surface area contributed by atoms with Crippen molar-refractivity contribution in [1.29, 1.82) is 0 Å². The number of para-hydroxylation sites is 3. The third kappa shape index (κ3) is 4.82. The van der Waals surface area contributed by atoms with Crippen molar-refractivity contribution in [1.82, 2.24) is 4.57 Å². The number of anilines is 3. The second kappa shape index (κ2) is 12.7. The molecule has 56 heavy (non-hydrogen) atoms. The highest BCUT2D eigenvalue weighted by Gasteiger charge is 2.42. The molecule has 2 nitrogen and oxygen atoms in total. The molecule has 0 saturated carbocycles. The molecule has 1 heterocycles. The Morgan fingerprint density at radius 2 is 0.946 bits per heavy atom. The van der Waals surface area contributed by atoms with Gasteiger partial charge < -0.3 is 9.47 Å². The first kappa shape index (κ1) is 32.3. The van der Waals surface area contributed by atoms with Crippen molar-refractivity contribution in [3.8, 4) is 27.9 Å². The van der Waals surface area contributed by atoms with Gasteiger partial charge in [-0.2, -0.15) is 0 Å². The van der Waals surface area contributed by atoms with Gasteiger partial charge in [-0.25, -0.2) is 0 Å². The van der Waals surface area contributed by atoms with E-state index in [1.807, 2.05) is 0 Å². The normalized spacial score (nSPS) is 12.9. The van der Waals surface area contributed by atoms with Crippen molar-refractivity contribution in [3.05, 3.63) is 229 Å². The number of aromatic nitrogens is 1. The zero-order valence-electron chi connectivity index (χ0n) is 31.1. The van der Waals surface area contributed by atoms with E-state index in [4.69, 9.17) is 0 Å². The van der Waals surface area contributed by atoms with Gasteiger partial charge in [0.05, 0.1) is 22.4 Å². The second-order valence-corrected chi connectivity index (χ2v) is 15.0. The molecule has 1 aliphatic carbocycles. The molecular formula is C54H38N2. The third-order valence-electron chi connectivity index (χ3n) is 12.1. The summed E-state index contributed by atoms with van der Waals surface area (Å²) in [6.07, 6.45) is 0. The molecule has 0 spiro atoms. The third-order valence-corrected chi connectivity index (χ3v) is 12.1. The molecule has 0 unspecified atom stereocenters.